The number of Topliss-reactive ketones (excluding diaryl/α,β-unsaturated/α-hetero) is 1. The molecular formula is C19H18N2O3S2. The monoisotopic (exact) mass is 386 g/mol. The van der Waals surface area contributed by atoms with Crippen molar-refractivity contribution in [1.82, 2.24) is 4.98 Å². The summed E-state index contributed by atoms with van der Waals surface area (Å²) in [6.45, 7) is 3.38. The molecule has 0 spiro atoms. The van der Waals surface area contributed by atoms with Crippen LogP contribution in [0, 0.1) is 0 Å². The van der Waals surface area contributed by atoms with Gasteiger partial charge in [-0.15, -0.1) is 23.1 Å². The summed E-state index contributed by atoms with van der Waals surface area (Å²) in [5, 5.41) is 5.47. The third-order valence-corrected chi connectivity index (χ3v) is 5.78. The number of nitrogens with one attached hydrogen (secondary N) is 1. The Bertz CT molecular complexity index is 886. The number of thioether (sulfide) groups is 1. The van der Waals surface area contributed by atoms with E-state index in [0.717, 1.165) is 16.5 Å². The van der Waals surface area contributed by atoms with Crippen LogP contribution in [0.3, 0.4) is 0 Å². The zero-order valence-electron chi connectivity index (χ0n) is 14.4. The molecule has 0 bridgehead atoms. The van der Waals surface area contributed by atoms with E-state index in [1.165, 1.54) is 30.0 Å². The Hall–Kier alpha value is -2.38. The number of rotatable bonds is 7. The fourth-order valence-electron chi connectivity index (χ4n) is 2.20. The summed E-state index contributed by atoms with van der Waals surface area (Å²) in [5.74, 6) is 1.33. The highest BCUT2D eigenvalue weighted by atomic mass is 32.2. The van der Waals surface area contributed by atoms with Gasteiger partial charge < -0.3 is 9.73 Å². The largest absolute Gasteiger partial charge is 0.462 e. The first-order valence-corrected chi connectivity index (χ1v) is 9.97. The van der Waals surface area contributed by atoms with Gasteiger partial charge in [0.05, 0.1) is 17.2 Å². The van der Waals surface area contributed by atoms with Gasteiger partial charge in [0.2, 0.25) is 5.91 Å². The zero-order chi connectivity index (χ0) is 18.5. The van der Waals surface area contributed by atoms with E-state index in [2.05, 4.69) is 10.3 Å². The molecule has 0 radical (unpaired) electrons. The van der Waals surface area contributed by atoms with Crippen LogP contribution in [0.25, 0.3) is 10.8 Å². The second kappa shape index (κ2) is 8.33. The van der Waals surface area contributed by atoms with Crippen molar-refractivity contribution in [2.45, 2.75) is 24.9 Å². The number of furan rings is 1. The molecule has 0 saturated carbocycles. The summed E-state index contributed by atoms with van der Waals surface area (Å²) in [5.41, 5.74) is 2.24. The highest BCUT2D eigenvalue weighted by Crippen LogP contribution is 2.27. The highest BCUT2D eigenvalue weighted by molar-refractivity contribution is 7.99. The molecule has 3 aromatic rings. The lowest BCUT2D eigenvalue weighted by Crippen LogP contribution is -2.22. The number of nitrogens with zero attached hydrogens (tertiary/aromatic N) is 1. The van der Waals surface area contributed by atoms with E-state index in [-0.39, 0.29) is 16.9 Å². The van der Waals surface area contributed by atoms with Crippen molar-refractivity contribution >= 4 is 40.5 Å². The molecule has 1 atom stereocenters. The third kappa shape index (κ3) is 4.62. The first-order chi connectivity index (χ1) is 12.5. The topological polar surface area (TPSA) is 72.2 Å². The lowest BCUT2D eigenvalue weighted by molar-refractivity contribution is -0.115. The molecule has 1 amide bonds. The number of aromatic nitrogens is 1. The van der Waals surface area contributed by atoms with Gasteiger partial charge in [-0.3, -0.25) is 9.59 Å². The van der Waals surface area contributed by atoms with Crippen LogP contribution < -0.4 is 5.32 Å². The van der Waals surface area contributed by atoms with Crippen LogP contribution in [0.15, 0.2) is 52.5 Å². The number of carbonyl (C=O) groups is 2. The van der Waals surface area contributed by atoms with E-state index in [9.17, 15) is 9.59 Å². The Labute approximate surface area is 159 Å². The van der Waals surface area contributed by atoms with Crippen LogP contribution >= 0.6 is 23.1 Å². The fraction of sp³-hybridized carbons (Fsp3) is 0.211. The van der Waals surface area contributed by atoms with Gasteiger partial charge in [-0.2, -0.15) is 0 Å². The molecule has 3 rings (SSSR count). The summed E-state index contributed by atoms with van der Waals surface area (Å²) in [4.78, 5) is 28.1. The first-order valence-electron chi connectivity index (χ1n) is 8.04. The molecule has 1 N–H and O–H groups in total. The van der Waals surface area contributed by atoms with Crippen LogP contribution in [-0.2, 0) is 10.5 Å². The second-order valence-electron chi connectivity index (χ2n) is 5.70. The number of hydrogen-bond donors (Lipinski definition) is 1. The minimum Gasteiger partial charge on any atom is -0.462 e. The molecule has 2 heterocycles. The van der Waals surface area contributed by atoms with E-state index >= 15 is 0 Å². The molecule has 0 unspecified atom stereocenters. The third-order valence-electron chi connectivity index (χ3n) is 3.69. The number of thiazole rings is 1. The zero-order valence-corrected chi connectivity index (χ0v) is 16.0. The number of benzene rings is 1. The quantitative estimate of drug-likeness (QED) is 0.587. The van der Waals surface area contributed by atoms with Crippen LogP contribution in [0.2, 0.25) is 0 Å². The SMILES string of the molecule is CC(=O)c1ccc(NC(=O)[C@H](C)SCc2csc(-c3ccco3)n2)cc1. The molecular weight excluding hydrogens is 368 g/mol. The van der Waals surface area contributed by atoms with E-state index < -0.39 is 0 Å². The number of hydrogen-bond acceptors (Lipinski definition) is 6. The van der Waals surface area contributed by atoms with Gasteiger partial charge in [-0.25, -0.2) is 4.98 Å². The van der Waals surface area contributed by atoms with Crippen molar-refractivity contribution in [3.8, 4) is 10.8 Å². The molecule has 0 aliphatic carbocycles. The van der Waals surface area contributed by atoms with E-state index in [1.807, 2.05) is 24.4 Å². The lowest BCUT2D eigenvalue weighted by atomic mass is 10.1. The average molecular weight is 386 g/mol. The van der Waals surface area contributed by atoms with Crippen LogP contribution in [0.4, 0.5) is 5.69 Å². The minimum absolute atomic E-state index is 0.00369. The summed E-state index contributed by atoms with van der Waals surface area (Å²) in [6, 6.07) is 10.6. The predicted octanol–water partition coefficient (Wildman–Crippen LogP) is 4.87. The summed E-state index contributed by atoms with van der Waals surface area (Å²) < 4.78 is 5.34. The smallest absolute Gasteiger partial charge is 0.237 e. The highest BCUT2D eigenvalue weighted by Gasteiger charge is 2.15. The van der Waals surface area contributed by atoms with Crippen LogP contribution in [0.1, 0.15) is 29.9 Å². The minimum atomic E-state index is -0.226. The number of anilines is 1. The summed E-state index contributed by atoms with van der Waals surface area (Å²) in [6.07, 6.45) is 1.63. The molecule has 134 valence electrons. The fourth-order valence-corrected chi connectivity index (χ4v) is 3.88. The van der Waals surface area contributed by atoms with Gasteiger partial charge in [0, 0.05) is 22.4 Å². The number of carbonyl (C=O) groups excluding carboxylic acids is 2. The van der Waals surface area contributed by atoms with Crippen LogP contribution in [-0.4, -0.2) is 21.9 Å². The number of ketones is 1. The molecule has 0 saturated heterocycles. The molecule has 1 aromatic carbocycles. The normalized spacial score (nSPS) is 11.9. The lowest BCUT2D eigenvalue weighted by Gasteiger charge is -2.11. The number of amides is 1. The van der Waals surface area contributed by atoms with Crippen molar-refractivity contribution < 1.29 is 14.0 Å². The maximum Gasteiger partial charge on any atom is 0.237 e. The van der Waals surface area contributed by atoms with Gasteiger partial charge in [-0.1, -0.05) is 0 Å². The maximum atomic E-state index is 12.3. The van der Waals surface area contributed by atoms with Gasteiger partial charge in [0.25, 0.3) is 0 Å². The molecule has 7 heteroatoms. The Balaban J connectivity index is 1.52. The standard InChI is InChI=1S/C19H18N2O3S2/c1-12(22)14-5-7-15(8-6-14)20-18(23)13(2)25-10-16-11-26-19(21-16)17-4-3-9-24-17/h3-9,11,13H,10H2,1-2H3,(H,20,23)/t13-/m0/s1. The van der Waals surface area contributed by atoms with Gasteiger partial charge >= 0.3 is 0 Å². The Morgan fingerprint density at radius 3 is 2.69 bits per heavy atom. The van der Waals surface area contributed by atoms with Gasteiger partial charge in [-0.05, 0) is 50.2 Å². The van der Waals surface area contributed by atoms with Crippen molar-refractivity contribution in [1.29, 1.82) is 0 Å². The van der Waals surface area contributed by atoms with E-state index in [0.29, 0.717) is 17.0 Å². The first kappa shape index (κ1) is 18.4. The molecule has 0 aliphatic heterocycles. The van der Waals surface area contributed by atoms with Crippen LogP contribution in [0.5, 0.6) is 0 Å². The molecule has 5 nitrogen and oxygen atoms in total. The van der Waals surface area contributed by atoms with Crippen molar-refractivity contribution in [3.63, 3.8) is 0 Å². The molecule has 26 heavy (non-hydrogen) atoms. The molecule has 0 aliphatic rings. The summed E-state index contributed by atoms with van der Waals surface area (Å²) in [7, 11) is 0. The van der Waals surface area contributed by atoms with Crippen molar-refractivity contribution in [3.05, 3.63) is 59.3 Å². The Morgan fingerprint density at radius 2 is 2.04 bits per heavy atom. The average Bonchev–Trinajstić information content (AvgIpc) is 3.31. The van der Waals surface area contributed by atoms with E-state index in [4.69, 9.17) is 4.42 Å². The van der Waals surface area contributed by atoms with Crippen molar-refractivity contribution in [2.75, 3.05) is 5.32 Å². The van der Waals surface area contributed by atoms with Gasteiger partial charge in [0.1, 0.15) is 0 Å². The van der Waals surface area contributed by atoms with Crippen molar-refractivity contribution in [2.24, 2.45) is 0 Å². The molecule has 0 fully saturated rings. The molecule has 2 aromatic heterocycles. The predicted molar refractivity (Wildman–Crippen MR) is 106 cm³/mol. The Kier molecular flexibility index (Phi) is 5.90. The maximum absolute atomic E-state index is 12.3. The van der Waals surface area contributed by atoms with E-state index in [1.54, 1.807) is 30.5 Å². The van der Waals surface area contributed by atoms with Gasteiger partial charge in [0.15, 0.2) is 16.6 Å². The Morgan fingerprint density at radius 1 is 1.27 bits per heavy atom. The summed E-state index contributed by atoms with van der Waals surface area (Å²) >= 11 is 3.05. The second-order valence-corrected chi connectivity index (χ2v) is 7.88.